The van der Waals surface area contributed by atoms with Gasteiger partial charge in [-0.2, -0.15) is 13.2 Å². The van der Waals surface area contributed by atoms with Crippen molar-refractivity contribution in [2.24, 2.45) is 5.73 Å². The quantitative estimate of drug-likeness (QED) is 0.646. The van der Waals surface area contributed by atoms with E-state index in [0.29, 0.717) is 24.2 Å². The third-order valence-corrected chi connectivity index (χ3v) is 5.91. The Bertz CT molecular complexity index is 1150. The summed E-state index contributed by atoms with van der Waals surface area (Å²) in [5.74, 6) is -0.997. The second-order valence-electron chi connectivity index (χ2n) is 9.09. The number of ketones is 1. The molecule has 1 unspecified atom stereocenters. The van der Waals surface area contributed by atoms with Gasteiger partial charge in [0, 0.05) is 24.1 Å². The minimum atomic E-state index is -4.52. The van der Waals surface area contributed by atoms with Crippen molar-refractivity contribution in [2.45, 2.75) is 71.9 Å². The maximum Gasteiger partial charge on any atom is 0.449 e. The van der Waals surface area contributed by atoms with Crippen molar-refractivity contribution in [3.63, 3.8) is 0 Å². The van der Waals surface area contributed by atoms with Gasteiger partial charge in [-0.05, 0) is 62.9 Å². The van der Waals surface area contributed by atoms with E-state index in [1.165, 1.54) is 17.2 Å². The average Bonchev–Trinajstić information content (AvgIpc) is 3.37. The van der Waals surface area contributed by atoms with Crippen molar-refractivity contribution in [3.8, 4) is 0 Å². The van der Waals surface area contributed by atoms with E-state index in [1.54, 1.807) is 13.8 Å². The number of furan rings is 1. The van der Waals surface area contributed by atoms with Crippen LogP contribution in [-0.2, 0) is 28.7 Å². The Morgan fingerprint density at radius 2 is 1.76 bits per heavy atom. The summed E-state index contributed by atoms with van der Waals surface area (Å²) in [5, 5.41) is 2.83. The molecule has 0 saturated carbocycles. The summed E-state index contributed by atoms with van der Waals surface area (Å²) in [6, 6.07) is 6.20. The Labute approximate surface area is 196 Å². The van der Waals surface area contributed by atoms with E-state index in [1.807, 2.05) is 26.8 Å². The molecular formula is C25H29F3N2O4. The van der Waals surface area contributed by atoms with E-state index in [0.717, 1.165) is 17.2 Å². The van der Waals surface area contributed by atoms with Crippen LogP contribution in [0.1, 0.15) is 65.8 Å². The highest BCUT2D eigenvalue weighted by atomic mass is 19.4. The summed E-state index contributed by atoms with van der Waals surface area (Å²) in [7, 11) is 0. The summed E-state index contributed by atoms with van der Waals surface area (Å²) < 4.78 is 47.9. The van der Waals surface area contributed by atoms with Gasteiger partial charge in [-0.1, -0.05) is 19.1 Å². The SMILES string of the molecule is CCC1=C(N)C(OC(C)(C)Cc2ccc(C(F)(F)F)o2)C1=O.Cc1ccc(C)c2c1CNC2=O. The van der Waals surface area contributed by atoms with Gasteiger partial charge < -0.3 is 20.2 Å². The van der Waals surface area contributed by atoms with Crippen LogP contribution < -0.4 is 11.1 Å². The molecule has 2 aromatic rings. The molecule has 4 rings (SSSR count). The molecule has 3 N–H and O–H groups in total. The lowest BCUT2D eigenvalue weighted by Gasteiger charge is -2.35. The number of Topliss-reactive ketones (excluding diaryl/α,β-unsaturated/α-hetero) is 1. The molecule has 34 heavy (non-hydrogen) atoms. The van der Waals surface area contributed by atoms with Gasteiger partial charge in [0.15, 0.2) is 11.9 Å². The lowest BCUT2D eigenvalue weighted by Crippen LogP contribution is -2.47. The minimum Gasteiger partial charge on any atom is -0.456 e. The van der Waals surface area contributed by atoms with Gasteiger partial charge in [0.25, 0.3) is 5.91 Å². The van der Waals surface area contributed by atoms with Crippen molar-refractivity contribution in [2.75, 3.05) is 0 Å². The Hall–Kier alpha value is -3.07. The number of amides is 1. The second-order valence-corrected chi connectivity index (χ2v) is 9.09. The zero-order valence-corrected chi connectivity index (χ0v) is 19.9. The Morgan fingerprint density at radius 3 is 2.29 bits per heavy atom. The van der Waals surface area contributed by atoms with Gasteiger partial charge >= 0.3 is 6.18 Å². The number of fused-ring (bicyclic) bond motifs is 1. The van der Waals surface area contributed by atoms with Crippen LogP contribution in [-0.4, -0.2) is 23.4 Å². The molecule has 1 aromatic heterocycles. The summed E-state index contributed by atoms with van der Waals surface area (Å²) in [6.45, 7) is 9.88. The molecule has 0 saturated heterocycles. The number of rotatable bonds is 5. The first-order chi connectivity index (χ1) is 15.7. The normalized spacial score (nSPS) is 17.7. The van der Waals surface area contributed by atoms with Gasteiger partial charge in [-0.25, -0.2) is 0 Å². The van der Waals surface area contributed by atoms with Gasteiger partial charge in [0.1, 0.15) is 5.76 Å². The van der Waals surface area contributed by atoms with Crippen molar-refractivity contribution in [1.29, 1.82) is 0 Å². The van der Waals surface area contributed by atoms with E-state index in [2.05, 4.69) is 11.4 Å². The fourth-order valence-corrected chi connectivity index (χ4v) is 4.09. The summed E-state index contributed by atoms with van der Waals surface area (Å²) in [6.07, 6.45) is -4.70. The number of carbonyl (C=O) groups excluding carboxylic acids is 2. The van der Waals surface area contributed by atoms with Gasteiger partial charge in [-0.3, -0.25) is 9.59 Å². The molecule has 0 radical (unpaired) electrons. The lowest BCUT2D eigenvalue weighted by molar-refractivity contribution is -0.154. The average molecular weight is 479 g/mol. The highest BCUT2D eigenvalue weighted by molar-refractivity contribution is 6.08. The number of halogens is 3. The fourth-order valence-electron chi connectivity index (χ4n) is 4.09. The van der Waals surface area contributed by atoms with Crippen molar-refractivity contribution in [3.05, 3.63) is 69.3 Å². The standard InChI is InChI=1S/C15H18F3NO3.C10H11NO/c1-4-9-11(19)13(12(9)20)22-14(2,3)7-8-5-6-10(21-8)15(16,17)18;1-6-3-4-7(2)9-8(6)5-11-10(9)12/h5-6,13H,4,7,19H2,1-3H3;3-4H,5H2,1-2H3,(H,11,12). The van der Waals surface area contributed by atoms with E-state index in [4.69, 9.17) is 14.9 Å². The molecule has 1 atom stereocenters. The van der Waals surface area contributed by atoms with E-state index >= 15 is 0 Å². The molecule has 184 valence electrons. The van der Waals surface area contributed by atoms with Gasteiger partial charge in [0.2, 0.25) is 5.76 Å². The maximum atomic E-state index is 12.5. The van der Waals surface area contributed by atoms with E-state index < -0.39 is 23.6 Å². The van der Waals surface area contributed by atoms with E-state index in [9.17, 15) is 22.8 Å². The van der Waals surface area contributed by atoms with Crippen LogP contribution >= 0.6 is 0 Å². The number of aryl methyl sites for hydroxylation is 2. The first-order valence-electron chi connectivity index (χ1n) is 11.0. The molecule has 1 amide bonds. The zero-order chi connectivity index (χ0) is 25.4. The van der Waals surface area contributed by atoms with Crippen molar-refractivity contribution in [1.82, 2.24) is 5.32 Å². The molecule has 6 nitrogen and oxygen atoms in total. The molecule has 0 spiro atoms. The second kappa shape index (κ2) is 9.29. The third kappa shape index (κ3) is 5.19. The molecule has 1 aliphatic heterocycles. The highest BCUT2D eigenvalue weighted by Crippen LogP contribution is 2.34. The zero-order valence-electron chi connectivity index (χ0n) is 19.9. The summed E-state index contributed by atoms with van der Waals surface area (Å²) >= 11 is 0. The number of ether oxygens (including phenoxy) is 1. The lowest BCUT2D eigenvalue weighted by atomic mass is 9.87. The van der Waals surface area contributed by atoms with Crippen LogP contribution in [0.25, 0.3) is 0 Å². The first kappa shape index (κ1) is 25.6. The predicted molar refractivity (Wildman–Crippen MR) is 120 cm³/mol. The summed E-state index contributed by atoms with van der Waals surface area (Å²) in [5.41, 5.74) is 10.2. The number of benzene rings is 1. The largest absolute Gasteiger partial charge is 0.456 e. The maximum absolute atomic E-state index is 12.5. The highest BCUT2D eigenvalue weighted by Gasteiger charge is 2.41. The minimum absolute atomic E-state index is 0.0752. The number of alkyl halides is 3. The molecule has 2 heterocycles. The monoisotopic (exact) mass is 478 g/mol. The third-order valence-electron chi connectivity index (χ3n) is 5.91. The number of carbonyl (C=O) groups is 2. The molecule has 9 heteroatoms. The smallest absolute Gasteiger partial charge is 0.449 e. The van der Waals surface area contributed by atoms with Crippen molar-refractivity contribution >= 4 is 11.7 Å². The van der Waals surface area contributed by atoms with Crippen LogP contribution in [0, 0.1) is 13.8 Å². The Morgan fingerprint density at radius 1 is 1.12 bits per heavy atom. The van der Waals surface area contributed by atoms with Crippen LogP contribution in [0.2, 0.25) is 0 Å². The topological polar surface area (TPSA) is 94.6 Å². The van der Waals surface area contributed by atoms with Crippen LogP contribution in [0.15, 0.2) is 40.0 Å². The summed E-state index contributed by atoms with van der Waals surface area (Å²) in [4.78, 5) is 23.2. The molecule has 1 aromatic carbocycles. The van der Waals surface area contributed by atoms with Crippen LogP contribution in [0.4, 0.5) is 13.2 Å². The van der Waals surface area contributed by atoms with Gasteiger partial charge in [0.05, 0.1) is 11.3 Å². The van der Waals surface area contributed by atoms with Crippen molar-refractivity contribution < 1.29 is 31.9 Å². The number of nitrogens with two attached hydrogens (primary N) is 1. The number of hydrogen-bond acceptors (Lipinski definition) is 5. The molecule has 2 aliphatic rings. The predicted octanol–water partition coefficient (Wildman–Crippen LogP) is 4.76. The molecule has 0 bridgehead atoms. The number of hydrogen-bond donors (Lipinski definition) is 2. The molecule has 0 fully saturated rings. The Balaban J connectivity index is 0.000000226. The van der Waals surface area contributed by atoms with Crippen LogP contribution in [0.3, 0.4) is 0 Å². The van der Waals surface area contributed by atoms with Gasteiger partial charge in [-0.15, -0.1) is 0 Å². The van der Waals surface area contributed by atoms with E-state index in [-0.39, 0.29) is 23.9 Å². The first-order valence-corrected chi connectivity index (χ1v) is 11.0. The van der Waals surface area contributed by atoms with Crippen LogP contribution in [0.5, 0.6) is 0 Å². The molecule has 1 aliphatic carbocycles. The number of nitrogens with one attached hydrogen (secondary N) is 1. The molecular weight excluding hydrogens is 449 g/mol. The Kier molecular flexibility index (Phi) is 6.98. The fraction of sp³-hybridized carbons (Fsp3) is 0.440.